The van der Waals surface area contributed by atoms with Gasteiger partial charge in [0.25, 0.3) is 0 Å². The summed E-state index contributed by atoms with van der Waals surface area (Å²) >= 11 is 0. The molecule has 1 saturated carbocycles. The molecule has 0 bridgehead atoms. The largest absolute Gasteiger partial charge is 0.317 e. The Morgan fingerprint density at radius 1 is 1.53 bits per heavy atom. The van der Waals surface area contributed by atoms with Gasteiger partial charge >= 0.3 is 0 Å². The maximum absolute atomic E-state index is 12.4. The fourth-order valence-corrected chi connectivity index (χ4v) is 3.49. The van der Waals surface area contributed by atoms with Gasteiger partial charge < -0.3 is 5.32 Å². The molecule has 1 saturated heterocycles. The van der Waals surface area contributed by atoms with E-state index in [1.54, 1.807) is 0 Å². The van der Waals surface area contributed by atoms with E-state index in [2.05, 4.69) is 23.4 Å². The SMILES string of the molecule is CCc1cc(CC(=O)C2CC23CCNCC3)n(C)n1. The Hall–Kier alpha value is -1.16. The van der Waals surface area contributed by atoms with Crippen LogP contribution in [0.2, 0.25) is 0 Å². The van der Waals surface area contributed by atoms with Crippen LogP contribution in [0.15, 0.2) is 6.07 Å². The molecule has 19 heavy (non-hydrogen) atoms. The maximum Gasteiger partial charge on any atom is 0.142 e. The Kier molecular flexibility index (Phi) is 3.21. The normalized spacial score (nSPS) is 24.6. The van der Waals surface area contributed by atoms with E-state index in [1.165, 1.54) is 12.8 Å². The van der Waals surface area contributed by atoms with Crippen molar-refractivity contribution >= 4 is 5.78 Å². The number of aryl methyl sites for hydroxylation is 2. The summed E-state index contributed by atoms with van der Waals surface area (Å²) in [5.74, 6) is 0.738. The smallest absolute Gasteiger partial charge is 0.142 e. The summed E-state index contributed by atoms with van der Waals surface area (Å²) < 4.78 is 1.87. The minimum absolute atomic E-state index is 0.314. The van der Waals surface area contributed by atoms with Crippen LogP contribution >= 0.6 is 0 Å². The van der Waals surface area contributed by atoms with Crippen molar-refractivity contribution in [2.45, 2.75) is 39.0 Å². The maximum atomic E-state index is 12.4. The van der Waals surface area contributed by atoms with E-state index >= 15 is 0 Å². The van der Waals surface area contributed by atoms with Crippen LogP contribution in [0.4, 0.5) is 0 Å². The molecular formula is C15H23N3O. The predicted molar refractivity (Wildman–Crippen MR) is 73.9 cm³/mol. The van der Waals surface area contributed by atoms with Crippen LogP contribution in [-0.4, -0.2) is 28.7 Å². The standard InChI is InChI=1S/C15H23N3O/c1-3-11-8-12(18(2)17-11)9-14(19)13-10-15(13)4-6-16-7-5-15/h8,13,16H,3-7,9-10H2,1-2H3. The summed E-state index contributed by atoms with van der Waals surface area (Å²) in [4.78, 5) is 12.4. The zero-order valence-electron chi connectivity index (χ0n) is 11.9. The number of hydrogen-bond donors (Lipinski definition) is 1. The summed E-state index contributed by atoms with van der Waals surface area (Å²) in [6, 6.07) is 2.08. The van der Waals surface area contributed by atoms with Crippen LogP contribution in [0.1, 0.15) is 37.6 Å². The Bertz CT molecular complexity index is 486. The molecule has 3 rings (SSSR count). The van der Waals surface area contributed by atoms with Crippen LogP contribution in [0.5, 0.6) is 0 Å². The lowest BCUT2D eigenvalue weighted by atomic mass is 9.90. The Labute approximate surface area is 114 Å². The van der Waals surface area contributed by atoms with Gasteiger partial charge in [-0.05, 0) is 50.3 Å². The molecule has 4 nitrogen and oxygen atoms in total. The highest BCUT2D eigenvalue weighted by molar-refractivity contribution is 5.86. The van der Waals surface area contributed by atoms with Crippen LogP contribution in [0, 0.1) is 11.3 Å². The third-order valence-electron chi connectivity index (χ3n) is 4.92. The van der Waals surface area contributed by atoms with E-state index in [4.69, 9.17) is 0 Å². The fourth-order valence-electron chi connectivity index (χ4n) is 3.49. The molecule has 1 aromatic heterocycles. The van der Waals surface area contributed by atoms with Crippen molar-refractivity contribution in [1.29, 1.82) is 0 Å². The molecule has 1 aliphatic carbocycles. The summed E-state index contributed by atoms with van der Waals surface area (Å²) in [7, 11) is 1.94. The zero-order valence-corrected chi connectivity index (χ0v) is 11.9. The van der Waals surface area contributed by atoms with E-state index in [0.29, 0.717) is 23.5 Å². The minimum Gasteiger partial charge on any atom is -0.317 e. The van der Waals surface area contributed by atoms with Crippen molar-refractivity contribution in [3.05, 3.63) is 17.5 Å². The highest BCUT2D eigenvalue weighted by Crippen LogP contribution is 2.59. The lowest BCUT2D eigenvalue weighted by Crippen LogP contribution is -2.31. The number of ketones is 1. The van der Waals surface area contributed by atoms with E-state index in [0.717, 1.165) is 37.3 Å². The predicted octanol–water partition coefficient (Wildman–Crippen LogP) is 1.48. The van der Waals surface area contributed by atoms with Gasteiger partial charge in [0.05, 0.1) is 5.69 Å². The number of piperidine rings is 1. The molecule has 0 aromatic carbocycles. The first kappa shape index (κ1) is 12.9. The van der Waals surface area contributed by atoms with Gasteiger partial charge in [0, 0.05) is 25.1 Å². The summed E-state index contributed by atoms with van der Waals surface area (Å²) in [6.45, 7) is 4.25. The minimum atomic E-state index is 0.314. The lowest BCUT2D eigenvalue weighted by Gasteiger charge is -2.23. The molecule has 1 N–H and O–H groups in total. The molecular weight excluding hydrogens is 238 g/mol. The Balaban J connectivity index is 1.64. The van der Waals surface area contributed by atoms with E-state index in [1.807, 2.05) is 11.7 Å². The first-order chi connectivity index (χ1) is 9.14. The van der Waals surface area contributed by atoms with E-state index in [-0.39, 0.29) is 0 Å². The number of aromatic nitrogens is 2. The molecule has 1 atom stereocenters. The van der Waals surface area contributed by atoms with E-state index < -0.39 is 0 Å². The Morgan fingerprint density at radius 3 is 2.89 bits per heavy atom. The van der Waals surface area contributed by atoms with Crippen molar-refractivity contribution in [3.8, 4) is 0 Å². The van der Waals surface area contributed by atoms with Gasteiger partial charge in [-0.3, -0.25) is 9.48 Å². The number of nitrogens with one attached hydrogen (secondary N) is 1. The first-order valence-corrected chi connectivity index (χ1v) is 7.40. The highest BCUT2D eigenvalue weighted by Gasteiger charge is 2.57. The number of nitrogens with zero attached hydrogens (tertiary/aromatic N) is 2. The van der Waals surface area contributed by atoms with Crippen molar-refractivity contribution in [1.82, 2.24) is 15.1 Å². The van der Waals surface area contributed by atoms with Crippen molar-refractivity contribution in [3.63, 3.8) is 0 Å². The molecule has 1 unspecified atom stereocenters. The van der Waals surface area contributed by atoms with Crippen molar-refractivity contribution in [2.24, 2.45) is 18.4 Å². The monoisotopic (exact) mass is 261 g/mol. The summed E-state index contributed by atoms with van der Waals surface area (Å²) in [5, 5.41) is 7.80. The summed E-state index contributed by atoms with van der Waals surface area (Å²) in [5.41, 5.74) is 2.50. The van der Waals surface area contributed by atoms with Gasteiger partial charge in [0.1, 0.15) is 5.78 Å². The molecule has 4 heteroatoms. The second kappa shape index (κ2) is 4.75. The second-order valence-corrected chi connectivity index (χ2v) is 6.12. The highest BCUT2D eigenvalue weighted by atomic mass is 16.1. The van der Waals surface area contributed by atoms with E-state index in [9.17, 15) is 4.79 Å². The zero-order chi connectivity index (χ0) is 13.5. The molecule has 0 amide bonds. The van der Waals surface area contributed by atoms with Crippen LogP contribution in [0.3, 0.4) is 0 Å². The van der Waals surface area contributed by atoms with Gasteiger partial charge in [-0.2, -0.15) is 5.10 Å². The average molecular weight is 261 g/mol. The summed E-state index contributed by atoms with van der Waals surface area (Å²) in [6.07, 6.45) is 4.96. The lowest BCUT2D eigenvalue weighted by molar-refractivity contribution is -0.120. The van der Waals surface area contributed by atoms with Gasteiger partial charge in [-0.1, -0.05) is 6.92 Å². The van der Waals surface area contributed by atoms with Gasteiger partial charge in [-0.15, -0.1) is 0 Å². The number of Topliss-reactive ketones (excluding diaryl/α,β-unsaturated/α-hetero) is 1. The van der Waals surface area contributed by atoms with Crippen molar-refractivity contribution < 1.29 is 4.79 Å². The number of hydrogen-bond acceptors (Lipinski definition) is 3. The molecule has 1 aliphatic heterocycles. The number of carbonyl (C=O) groups excluding carboxylic acids is 1. The van der Waals surface area contributed by atoms with Gasteiger partial charge in [0.2, 0.25) is 0 Å². The Morgan fingerprint density at radius 2 is 2.26 bits per heavy atom. The molecule has 104 valence electrons. The quantitative estimate of drug-likeness (QED) is 0.893. The van der Waals surface area contributed by atoms with Crippen LogP contribution < -0.4 is 5.32 Å². The van der Waals surface area contributed by atoms with Crippen molar-refractivity contribution in [2.75, 3.05) is 13.1 Å². The second-order valence-electron chi connectivity index (χ2n) is 6.12. The molecule has 1 spiro atoms. The number of rotatable bonds is 4. The van der Waals surface area contributed by atoms with Crippen LogP contribution in [-0.2, 0) is 24.7 Å². The topological polar surface area (TPSA) is 46.9 Å². The number of carbonyl (C=O) groups is 1. The third-order valence-corrected chi connectivity index (χ3v) is 4.92. The van der Waals surface area contributed by atoms with Gasteiger partial charge in [0.15, 0.2) is 0 Å². The molecule has 2 heterocycles. The molecule has 1 aromatic rings. The third kappa shape index (κ3) is 2.34. The first-order valence-electron chi connectivity index (χ1n) is 7.40. The van der Waals surface area contributed by atoms with Crippen LogP contribution in [0.25, 0.3) is 0 Å². The fraction of sp³-hybridized carbons (Fsp3) is 0.733. The molecule has 2 aliphatic rings. The molecule has 0 radical (unpaired) electrons. The average Bonchev–Trinajstić information content (AvgIpc) is 2.98. The molecule has 2 fully saturated rings. The van der Waals surface area contributed by atoms with Gasteiger partial charge in [-0.25, -0.2) is 0 Å².